The van der Waals surface area contributed by atoms with Crippen molar-refractivity contribution in [2.24, 2.45) is 0 Å². The lowest BCUT2D eigenvalue weighted by Gasteiger charge is -2.24. The van der Waals surface area contributed by atoms with E-state index in [0.717, 1.165) is 17.5 Å². The van der Waals surface area contributed by atoms with Crippen molar-refractivity contribution in [2.45, 2.75) is 39.7 Å². The number of Topliss-reactive ketones (excluding diaryl/α,β-unsaturated/α-hetero) is 1. The number of aliphatic hydroxyl groups is 1. The summed E-state index contributed by atoms with van der Waals surface area (Å²) in [4.78, 5) is 33.5. The van der Waals surface area contributed by atoms with Crippen molar-refractivity contribution in [1.82, 2.24) is 4.98 Å². The average Bonchev–Trinajstić information content (AvgIpc) is 3.55. The van der Waals surface area contributed by atoms with Crippen molar-refractivity contribution in [3.05, 3.63) is 77.4 Å². The largest absolute Gasteiger partial charge is 0.507 e. The van der Waals surface area contributed by atoms with Crippen molar-refractivity contribution in [3.63, 3.8) is 0 Å². The van der Waals surface area contributed by atoms with E-state index in [0.29, 0.717) is 64.6 Å². The van der Waals surface area contributed by atoms with E-state index in [2.05, 4.69) is 6.92 Å². The third-order valence-corrected chi connectivity index (χ3v) is 8.00. The number of anilines is 1. The summed E-state index contributed by atoms with van der Waals surface area (Å²) in [5.74, 6) is 0.284. The number of thiazole rings is 1. The summed E-state index contributed by atoms with van der Waals surface area (Å²) >= 11 is 1.27. The van der Waals surface area contributed by atoms with Gasteiger partial charge in [-0.3, -0.25) is 14.5 Å². The van der Waals surface area contributed by atoms with E-state index in [9.17, 15) is 14.7 Å². The molecule has 2 heterocycles. The van der Waals surface area contributed by atoms with Crippen molar-refractivity contribution in [2.75, 3.05) is 31.8 Å². The fourth-order valence-electron chi connectivity index (χ4n) is 4.95. The van der Waals surface area contributed by atoms with Gasteiger partial charge in [-0.05, 0) is 68.3 Å². The van der Waals surface area contributed by atoms with Crippen molar-refractivity contribution >= 4 is 44.1 Å². The second-order valence-electron chi connectivity index (χ2n) is 9.80. The average molecular weight is 603 g/mol. The number of carbonyl (C=O) groups is 2. The standard InChI is InChI=1S/C33H34N2O7S/c1-5-8-16-42-25-15-12-20(18-26(25)39-4)29-28(30(36)21-10-9-11-22(17-21)40-6-2)31(37)32(38)35(29)33-34-24-14-13-23(41-7-3)19-27(24)43-33/h9-15,17-19,29,36H,5-8,16H2,1-4H3/b30-28+. The Morgan fingerprint density at radius 3 is 2.42 bits per heavy atom. The van der Waals surface area contributed by atoms with Crippen molar-refractivity contribution < 1.29 is 33.6 Å². The highest BCUT2D eigenvalue weighted by Gasteiger charge is 2.48. The highest BCUT2D eigenvalue weighted by molar-refractivity contribution is 7.22. The van der Waals surface area contributed by atoms with Gasteiger partial charge in [0.05, 0.1) is 48.8 Å². The van der Waals surface area contributed by atoms with Crippen LogP contribution in [0.25, 0.3) is 16.0 Å². The molecular weight excluding hydrogens is 568 g/mol. The van der Waals surface area contributed by atoms with Gasteiger partial charge in [-0.25, -0.2) is 4.98 Å². The Balaban J connectivity index is 1.67. The number of ether oxygens (including phenoxy) is 4. The summed E-state index contributed by atoms with van der Waals surface area (Å²) in [5.41, 5.74) is 1.50. The van der Waals surface area contributed by atoms with Gasteiger partial charge in [-0.1, -0.05) is 42.9 Å². The van der Waals surface area contributed by atoms with Crippen LogP contribution in [0.5, 0.6) is 23.0 Å². The van der Waals surface area contributed by atoms with E-state index in [-0.39, 0.29) is 11.3 Å². The number of ketones is 1. The number of aliphatic hydroxyl groups excluding tert-OH is 1. The highest BCUT2D eigenvalue weighted by atomic mass is 32.1. The molecule has 1 amide bonds. The molecule has 5 rings (SSSR count). The van der Waals surface area contributed by atoms with Crippen LogP contribution in [0.1, 0.15) is 50.8 Å². The zero-order chi connectivity index (χ0) is 30.5. The molecule has 4 aromatic rings. The number of aromatic nitrogens is 1. The zero-order valence-electron chi connectivity index (χ0n) is 24.6. The van der Waals surface area contributed by atoms with E-state index in [1.807, 2.05) is 32.0 Å². The first-order chi connectivity index (χ1) is 20.9. The number of hydrogen-bond acceptors (Lipinski definition) is 9. The Labute approximate surface area is 254 Å². The molecule has 10 heteroatoms. The molecule has 1 N–H and O–H groups in total. The number of rotatable bonds is 12. The normalized spacial score (nSPS) is 16.1. The van der Waals surface area contributed by atoms with E-state index >= 15 is 0 Å². The molecule has 0 radical (unpaired) electrons. The lowest BCUT2D eigenvalue weighted by Crippen LogP contribution is -2.29. The summed E-state index contributed by atoms with van der Waals surface area (Å²) in [6.45, 7) is 7.31. The number of nitrogens with zero attached hydrogens (tertiary/aromatic N) is 2. The molecule has 1 aromatic heterocycles. The van der Waals surface area contributed by atoms with Crippen LogP contribution in [-0.2, 0) is 9.59 Å². The lowest BCUT2D eigenvalue weighted by molar-refractivity contribution is -0.132. The molecule has 0 aliphatic carbocycles. The Hall–Kier alpha value is -4.57. The molecule has 43 heavy (non-hydrogen) atoms. The topological polar surface area (TPSA) is 107 Å². The molecule has 9 nitrogen and oxygen atoms in total. The quantitative estimate of drug-likeness (QED) is 0.0807. The summed E-state index contributed by atoms with van der Waals surface area (Å²) in [6.07, 6.45) is 1.86. The van der Waals surface area contributed by atoms with Crippen LogP contribution in [0.15, 0.2) is 66.2 Å². The zero-order valence-corrected chi connectivity index (χ0v) is 25.4. The number of carbonyl (C=O) groups excluding carboxylic acids is 2. The molecule has 0 spiro atoms. The van der Waals surface area contributed by atoms with E-state index in [4.69, 9.17) is 23.9 Å². The van der Waals surface area contributed by atoms with Crippen LogP contribution < -0.4 is 23.8 Å². The minimum Gasteiger partial charge on any atom is -0.507 e. The van der Waals surface area contributed by atoms with Gasteiger partial charge in [0.1, 0.15) is 17.3 Å². The van der Waals surface area contributed by atoms with Crippen LogP contribution in [0.3, 0.4) is 0 Å². The van der Waals surface area contributed by atoms with E-state index in [1.54, 1.807) is 42.5 Å². The SMILES string of the molecule is CCCCOc1ccc(C2/C(=C(\O)c3cccc(OCC)c3)C(=O)C(=O)N2c2nc3ccc(OCC)cc3s2)cc1OC. The summed E-state index contributed by atoms with van der Waals surface area (Å²) in [7, 11) is 1.53. The Kier molecular flexibility index (Phi) is 9.16. The van der Waals surface area contributed by atoms with E-state index < -0.39 is 17.7 Å². The molecule has 0 bridgehead atoms. The third kappa shape index (κ3) is 6.01. The van der Waals surface area contributed by atoms with Gasteiger partial charge in [0.25, 0.3) is 5.78 Å². The highest BCUT2D eigenvalue weighted by Crippen LogP contribution is 2.46. The molecule has 1 unspecified atom stereocenters. The van der Waals surface area contributed by atoms with Crippen molar-refractivity contribution in [1.29, 1.82) is 0 Å². The Morgan fingerprint density at radius 2 is 1.70 bits per heavy atom. The van der Waals surface area contributed by atoms with Crippen LogP contribution in [0, 0.1) is 0 Å². The minimum absolute atomic E-state index is 0.0605. The number of unbranched alkanes of at least 4 members (excludes halogenated alkanes) is 1. The predicted octanol–water partition coefficient (Wildman–Crippen LogP) is 6.91. The van der Waals surface area contributed by atoms with Gasteiger partial charge in [-0.2, -0.15) is 0 Å². The number of benzene rings is 3. The third-order valence-electron chi connectivity index (χ3n) is 6.99. The summed E-state index contributed by atoms with van der Waals surface area (Å²) in [5, 5.41) is 11.9. The first-order valence-electron chi connectivity index (χ1n) is 14.3. The molecular formula is C33H34N2O7S. The number of hydrogen-bond donors (Lipinski definition) is 1. The molecule has 1 saturated heterocycles. The van der Waals surface area contributed by atoms with Gasteiger partial charge >= 0.3 is 5.91 Å². The first-order valence-corrected chi connectivity index (χ1v) is 15.1. The smallest absolute Gasteiger partial charge is 0.301 e. The molecule has 224 valence electrons. The number of fused-ring (bicyclic) bond motifs is 1. The van der Waals surface area contributed by atoms with Crippen molar-refractivity contribution in [3.8, 4) is 23.0 Å². The number of methoxy groups -OCH3 is 1. The molecule has 1 atom stereocenters. The van der Waals surface area contributed by atoms with Crippen LogP contribution >= 0.6 is 11.3 Å². The van der Waals surface area contributed by atoms with Gasteiger partial charge in [0.15, 0.2) is 16.6 Å². The second kappa shape index (κ2) is 13.2. The maximum Gasteiger partial charge on any atom is 0.301 e. The molecule has 1 aliphatic rings. The van der Waals surface area contributed by atoms with Crippen LogP contribution in [0.4, 0.5) is 5.13 Å². The molecule has 1 fully saturated rings. The Morgan fingerprint density at radius 1 is 0.930 bits per heavy atom. The Bertz CT molecular complexity index is 1680. The van der Waals surface area contributed by atoms with Gasteiger partial charge in [-0.15, -0.1) is 0 Å². The lowest BCUT2D eigenvalue weighted by atomic mass is 9.95. The van der Waals surface area contributed by atoms with E-state index in [1.165, 1.54) is 23.3 Å². The van der Waals surface area contributed by atoms with Crippen LogP contribution in [0.2, 0.25) is 0 Å². The van der Waals surface area contributed by atoms with Crippen LogP contribution in [-0.4, -0.2) is 48.7 Å². The van der Waals surface area contributed by atoms with Gasteiger partial charge in [0.2, 0.25) is 0 Å². The van der Waals surface area contributed by atoms with Gasteiger partial charge < -0.3 is 24.1 Å². The fourth-order valence-corrected chi connectivity index (χ4v) is 5.97. The summed E-state index contributed by atoms with van der Waals surface area (Å²) < 4.78 is 23.6. The maximum atomic E-state index is 13.7. The fraction of sp³-hybridized carbons (Fsp3) is 0.303. The molecule has 0 saturated carbocycles. The monoisotopic (exact) mass is 602 g/mol. The number of amides is 1. The molecule has 3 aromatic carbocycles. The predicted molar refractivity (Wildman–Crippen MR) is 167 cm³/mol. The maximum absolute atomic E-state index is 13.7. The van der Waals surface area contributed by atoms with Gasteiger partial charge in [0, 0.05) is 5.56 Å². The first kappa shape index (κ1) is 29.9. The second-order valence-corrected chi connectivity index (χ2v) is 10.8. The molecule has 1 aliphatic heterocycles. The summed E-state index contributed by atoms with van der Waals surface area (Å²) in [6, 6.07) is 16.6. The minimum atomic E-state index is -0.985.